The molecule has 0 saturated heterocycles. The van der Waals surface area contributed by atoms with Crippen LogP contribution in [-0.2, 0) is 0 Å². The van der Waals surface area contributed by atoms with E-state index in [1.165, 1.54) is 23.5 Å². The molecule has 21 heavy (non-hydrogen) atoms. The van der Waals surface area contributed by atoms with Crippen LogP contribution in [0.1, 0.15) is 19.3 Å². The Morgan fingerprint density at radius 1 is 1.00 bits per heavy atom. The number of unbranched alkanes of at least 4 members (excludes halogenated alkanes) is 1. The average Bonchev–Trinajstić information content (AvgIpc) is 2.53. The molecule has 2 N–H and O–H groups in total. The summed E-state index contributed by atoms with van der Waals surface area (Å²) in [6.45, 7) is 1.96. The van der Waals surface area contributed by atoms with Crippen molar-refractivity contribution in [3.63, 3.8) is 0 Å². The van der Waals surface area contributed by atoms with E-state index in [9.17, 15) is 0 Å². The largest absolute Gasteiger partial charge is 0.356 e. The molecular weight excluding hydrogens is 298 g/mol. The van der Waals surface area contributed by atoms with Crippen molar-refractivity contribution in [1.82, 2.24) is 10.6 Å². The van der Waals surface area contributed by atoms with E-state index in [-0.39, 0.29) is 0 Å². The second kappa shape index (κ2) is 12.9. The zero-order chi connectivity index (χ0) is 15.2. The van der Waals surface area contributed by atoms with Gasteiger partial charge in [0.1, 0.15) is 0 Å². The second-order valence-corrected chi connectivity index (χ2v) is 6.79. The molecule has 0 aliphatic rings. The van der Waals surface area contributed by atoms with Gasteiger partial charge >= 0.3 is 0 Å². The van der Waals surface area contributed by atoms with Crippen LogP contribution >= 0.6 is 23.5 Å². The lowest BCUT2D eigenvalue weighted by Crippen LogP contribution is -2.38. The third kappa shape index (κ3) is 9.69. The van der Waals surface area contributed by atoms with Crippen molar-refractivity contribution < 1.29 is 0 Å². The van der Waals surface area contributed by atoms with Crippen molar-refractivity contribution in [3.8, 4) is 0 Å². The maximum atomic E-state index is 4.24. The van der Waals surface area contributed by atoms with Crippen molar-refractivity contribution >= 4 is 29.5 Å². The van der Waals surface area contributed by atoms with Crippen LogP contribution in [-0.4, -0.2) is 43.9 Å². The third-order valence-electron chi connectivity index (χ3n) is 2.92. The summed E-state index contributed by atoms with van der Waals surface area (Å²) in [7, 11) is 1.83. The normalized spacial score (nSPS) is 11.4. The zero-order valence-electron chi connectivity index (χ0n) is 13.1. The number of nitrogens with one attached hydrogen (secondary N) is 2. The maximum Gasteiger partial charge on any atom is 0.190 e. The molecule has 0 atom stereocenters. The van der Waals surface area contributed by atoms with Crippen molar-refractivity contribution in [1.29, 1.82) is 0 Å². The SMILES string of the molecule is CN=C(NCCCCSC)NCCCSc1ccccc1. The summed E-state index contributed by atoms with van der Waals surface area (Å²) in [6.07, 6.45) is 5.75. The van der Waals surface area contributed by atoms with Gasteiger partial charge in [-0.1, -0.05) is 18.2 Å². The summed E-state index contributed by atoms with van der Waals surface area (Å²) < 4.78 is 0. The number of nitrogens with zero attached hydrogens (tertiary/aromatic N) is 1. The predicted molar refractivity (Wildman–Crippen MR) is 98.8 cm³/mol. The Morgan fingerprint density at radius 2 is 1.71 bits per heavy atom. The van der Waals surface area contributed by atoms with E-state index in [1.807, 2.05) is 30.6 Å². The fourth-order valence-corrected chi connectivity index (χ4v) is 3.15. The monoisotopic (exact) mass is 325 g/mol. The number of thioether (sulfide) groups is 2. The molecule has 0 fully saturated rings. The lowest BCUT2D eigenvalue weighted by molar-refractivity contribution is 0.728. The Balaban J connectivity index is 2.02. The molecule has 0 radical (unpaired) electrons. The molecule has 0 amide bonds. The minimum atomic E-state index is 0.920. The van der Waals surface area contributed by atoms with Gasteiger partial charge in [-0.15, -0.1) is 11.8 Å². The predicted octanol–water partition coefficient (Wildman–Crippen LogP) is 3.48. The number of guanidine groups is 1. The van der Waals surface area contributed by atoms with Gasteiger partial charge in [0.15, 0.2) is 5.96 Å². The molecule has 0 saturated carbocycles. The van der Waals surface area contributed by atoms with Gasteiger partial charge in [-0.2, -0.15) is 11.8 Å². The Hall–Kier alpha value is -0.810. The average molecular weight is 326 g/mol. The Bertz CT molecular complexity index is 382. The van der Waals surface area contributed by atoms with E-state index in [2.05, 4.69) is 52.2 Å². The fraction of sp³-hybridized carbons (Fsp3) is 0.562. The first-order chi connectivity index (χ1) is 10.4. The molecule has 0 bridgehead atoms. The minimum absolute atomic E-state index is 0.920. The zero-order valence-corrected chi connectivity index (χ0v) is 14.7. The number of benzene rings is 1. The lowest BCUT2D eigenvalue weighted by atomic mass is 10.3. The fourth-order valence-electron chi connectivity index (χ4n) is 1.78. The van der Waals surface area contributed by atoms with Crippen molar-refractivity contribution in [2.24, 2.45) is 4.99 Å². The summed E-state index contributed by atoms with van der Waals surface area (Å²) >= 11 is 3.81. The van der Waals surface area contributed by atoms with E-state index in [4.69, 9.17) is 0 Å². The van der Waals surface area contributed by atoms with Gasteiger partial charge in [0, 0.05) is 25.0 Å². The van der Waals surface area contributed by atoms with Gasteiger partial charge in [-0.25, -0.2) is 0 Å². The molecule has 0 aliphatic carbocycles. The van der Waals surface area contributed by atoms with Gasteiger partial charge in [-0.3, -0.25) is 4.99 Å². The van der Waals surface area contributed by atoms with Crippen LogP contribution in [0.15, 0.2) is 40.2 Å². The van der Waals surface area contributed by atoms with Crippen LogP contribution < -0.4 is 10.6 Å². The van der Waals surface area contributed by atoms with Gasteiger partial charge in [0.05, 0.1) is 0 Å². The summed E-state index contributed by atoms with van der Waals surface area (Å²) in [5.41, 5.74) is 0. The molecule has 0 heterocycles. The first-order valence-corrected chi connectivity index (χ1v) is 9.86. The maximum absolute atomic E-state index is 4.24. The number of hydrogen-bond acceptors (Lipinski definition) is 3. The van der Waals surface area contributed by atoms with Crippen LogP contribution in [0, 0.1) is 0 Å². The van der Waals surface area contributed by atoms with Crippen molar-refractivity contribution in [3.05, 3.63) is 30.3 Å². The van der Waals surface area contributed by atoms with Crippen LogP contribution in [0.4, 0.5) is 0 Å². The van der Waals surface area contributed by atoms with Crippen molar-refractivity contribution in [2.45, 2.75) is 24.2 Å². The van der Waals surface area contributed by atoms with Crippen LogP contribution in [0.2, 0.25) is 0 Å². The van der Waals surface area contributed by atoms with E-state index < -0.39 is 0 Å². The standard InChI is InChI=1S/C16H27N3S2/c1-17-16(18-11-6-7-13-20-2)19-12-8-14-21-15-9-4-3-5-10-15/h3-5,9-10H,6-8,11-14H2,1-2H3,(H2,17,18,19). The van der Waals surface area contributed by atoms with E-state index >= 15 is 0 Å². The number of hydrogen-bond donors (Lipinski definition) is 2. The molecule has 1 rings (SSSR count). The topological polar surface area (TPSA) is 36.4 Å². The molecule has 118 valence electrons. The van der Waals surface area contributed by atoms with Gasteiger partial charge in [0.25, 0.3) is 0 Å². The highest BCUT2D eigenvalue weighted by molar-refractivity contribution is 7.99. The summed E-state index contributed by atoms with van der Waals surface area (Å²) in [6, 6.07) is 10.5. The molecule has 5 heteroatoms. The summed E-state index contributed by atoms with van der Waals surface area (Å²) in [5.74, 6) is 3.29. The molecule has 1 aromatic carbocycles. The third-order valence-corrected chi connectivity index (χ3v) is 4.71. The van der Waals surface area contributed by atoms with Crippen LogP contribution in [0.25, 0.3) is 0 Å². The first-order valence-electron chi connectivity index (χ1n) is 7.48. The Kier molecular flexibility index (Phi) is 11.2. The highest BCUT2D eigenvalue weighted by Crippen LogP contribution is 2.17. The molecule has 0 aromatic heterocycles. The minimum Gasteiger partial charge on any atom is -0.356 e. The molecule has 0 unspecified atom stereocenters. The number of rotatable bonds is 10. The van der Waals surface area contributed by atoms with Crippen molar-refractivity contribution in [2.75, 3.05) is 37.9 Å². The summed E-state index contributed by atoms with van der Waals surface area (Å²) in [4.78, 5) is 5.59. The van der Waals surface area contributed by atoms with Crippen LogP contribution in [0.5, 0.6) is 0 Å². The lowest BCUT2D eigenvalue weighted by Gasteiger charge is -2.11. The molecular formula is C16H27N3S2. The highest BCUT2D eigenvalue weighted by atomic mass is 32.2. The summed E-state index contributed by atoms with van der Waals surface area (Å²) in [5, 5.41) is 6.73. The Morgan fingerprint density at radius 3 is 2.38 bits per heavy atom. The molecule has 0 spiro atoms. The van der Waals surface area contributed by atoms with E-state index in [0.717, 1.165) is 31.2 Å². The second-order valence-electron chi connectivity index (χ2n) is 4.64. The van der Waals surface area contributed by atoms with Gasteiger partial charge < -0.3 is 10.6 Å². The van der Waals surface area contributed by atoms with E-state index in [0.29, 0.717) is 0 Å². The molecule has 3 nitrogen and oxygen atoms in total. The van der Waals surface area contributed by atoms with E-state index in [1.54, 1.807) is 0 Å². The quantitative estimate of drug-likeness (QED) is 0.299. The highest BCUT2D eigenvalue weighted by Gasteiger charge is 1.97. The van der Waals surface area contributed by atoms with Gasteiger partial charge in [-0.05, 0) is 49.2 Å². The Labute approximate surface area is 137 Å². The number of aliphatic imine (C=N–C) groups is 1. The smallest absolute Gasteiger partial charge is 0.190 e. The first kappa shape index (κ1) is 18.2. The van der Waals surface area contributed by atoms with Gasteiger partial charge in [0.2, 0.25) is 0 Å². The molecule has 1 aromatic rings. The molecule has 0 aliphatic heterocycles. The van der Waals surface area contributed by atoms with Crippen LogP contribution in [0.3, 0.4) is 0 Å².